The lowest BCUT2D eigenvalue weighted by Gasteiger charge is -2.38. The Balaban J connectivity index is 1.70. The number of piperidine rings is 1. The van der Waals surface area contributed by atoms with Gasteiger partial charge in [0.2, 0.25) is 0 Å². The normalized spacial score (nSPS) is 20.1. The van der Waals surface area contributed by atoms with Crippen LogP contribution in [0.2, 0.25) is 0 Å². The van der Waals surface area contributed by atoms with Crippen LogP contribution < -0.4 is 10.2 Å². The predicted molar refractivity (Wildman–Crippen MR) is 96.9 cm³/mol. The Kier molecular flexibility index (Phi) is 4.09. The van der Waals surface area contributed by atoms with Crippen molar-refractivity contribution in [3.05, 3.63) is 65.7 Å². The van der Waals surface area contributed by atoms with Crippen LogP contribution in [0.3, 0.4) is 0 Å². The molecule has 2 aromatic carbocycles. The molecule has 0 saturated carbocycles. The van der Waals surface area contributed by atoms with Crippen molar-refractivity contribution in [1.29, 1.82) is 0 Å². The molecule has 4 rings (SSSR count). The molecule has 1 spiro atoms. The van der Waals surface area contributed by atoms with E-state index in [4.69, 9.17) is 0 Å². The molecule has 1 saturated heterocycles. The number of rotatable bonds is 2. The van der Waals surface area contributed by atoms with Crippen LogP contribution >= 0.6 is 0 Å². The van der Waals surface area contributed by atoms with Crippen molar-refractivity contribution in [3.63, 3.8) is 0 Å². The third kappa shape index (κ3) is 2.88. The monoisotopic (exact) mass is 306 g/mol. The summed E-state index contributed by atoms with van der Waals surface area (Å²) in [5.74, 6) is 0. The van der Waals surface area contributed by atoms with Crippen LogP contribution in [0.4, 0.5) is 5.69 Å². The molecule has 0 aliphatic carbocycles. The summed E-state index contributed by atoms with van der Waals surface area (Å²) in [6.45, 7) is 4.51. The quantitative estimate of drug-likeness (QED) is 0.898. The minimum atomic E-state index is 0.396. The van der Waals surface area contributed by atoms with E-state index in [0.29, 0.717) is 5.41 Å². The zero-order valence-corrected chi connectivity index (χ0v) is 13.8. The Bertz CT molecular complexity index is 644. The SMILES string of the molecule is c1ccc(CN2CCCC3(CCNCC3)c3ccccc32)cc1. The minimum absolute atomic E-state index is 0.396. The zero-order chi connectivity index (χ0) is 15.5. The van der Waals surface area contributed by atoms with Gasteiger partial charge < -0.3 is 10.2 Å². The Morgan fingerprint density at radius 2 is 1.61 bits per heavy atom. The second-order valence-corrected chi connectivity index (χ2v) is 7.06. The first-order valence-corrected chi connectivity index (χ1v) is 8.97. The maximum absolute atomic E-state index is 3.54. The summed E-state index contributed by atoms with van der Waals surface area (Å²) >= 11 is 0. The molecular weight excluding hydrogens is 280 g/mol. The van der Waals surface area contributed by atoms with E-state index in [1.807, 2.05) is 0 Å². The number of benzene rings is 2. The molecule has 0 aromatic heterocycles. The van der Waals surface area contributed by atoms with Crippen molar-refractivity contribution in [3.8, 4) is 0 Å². The lowest BCUT2D eigenvalue weighted by molar-refractivity contribution is 0.288. The zero-order valence-electron chi connectivity index (χ0n) is 13.8. The van der Waals surface area contributed by atoms with E-state index in [1.165, 1.54) is 43.5 Å². The summed E-state index contributed by atoms with van der Waals surface area (Å²) in [4.78, 5) is 2.60. The van der Waals surface area contributed by atoms with Gasteiger partial charge in [-0.25, -0.2) is 0 Å². The van der Waals surface area contributed by atoms with Gasteiger partial charge in [-0.05, 0) is 61.4 Å². The Morgan fingerprint density at radius 3 is 2.43 bits per heavy atom. The number of nitrogens with zero attached hydrogens (tertiary/aromatic N) is 1. The predicted octanol–water partition coefficient (Wildman–Crippen LogP) is 4.11. The van der Waals surface area contributed by atoms with E-state index in [0.717, 1.165) is 19.6 Å². The van der Waals surface area contributed by atoms with Crippen molar-refractivity contribution < 1.29 is 0 Å². The molecule has 2 heterocycles. The molecule has 2 nitrogen and oxygen atoms in total. The number of hydrogen-bond acceptors (Lipinski definition) is 2. The maximum Gasteiger partial charge on any atom is 0.0429 e. The topological polar surface area (TPSA) is 15.3 Å². The Hall–Kier alpha value is -1.80. The average molecular weight is 306 g/mol. The van der Waals surface area contributed by atoms with Gasteiger partial charge in [0, 0.05) is 18.8 Å². The van der Waals surface area contributed by atoms with Crippen LogP contribution in [0, 0.1) is 0 Å². The second-order valence-electron chi connectivity index (χ2n) is 7.06. The molecule has 1 N–H and O–H groups in total. The molecule has 23 heavy (non-hydrogen) atoms. The van der Waals surface area contributed by atoms with Crippen LogP contribution in [-0.2, 0) is 12.0 Å². The van der Waals surface area contributed by atoms with Crippen LogP contribution in [0.5, 0.6) is 0 Å². The highest BCUT2D eigenvalue weighted by molar-refractivity contribution is 5.58. The molecule has 2 aromatic rings. The van der Waals surface area contributed by atoms with E-state index >= 15 is 0 Å². The summed E-state index contributed by atoms with van der Waals surface area (Å²) in [5, 5.41) is 3.54. The third-order valence-electron chi connectivity index (χ3n) is 5.68. The van der Waals surface area contributed by atoms with Crippen LogP contribution in [0.25, 0.3) is 0 Å². The summed E-state index contributed by atoms with van der Waals surface area (Å²) in [6, 6.07) is 20.1. The molecule has 0 unspecified atom stereocenters. The molecule has 2 aliphatic heterocycles. The first-order valence-electron chi connectivity index (χ1n) is 8.97. The number of anilines is 1. The standard InChI is InChI=1S/C21H26N2/c1-2-7-18(8-3-1)17-23-16-6-11-21(12-14-22-15-13-21)19-9-4-5-10-20(19)23/h1-5,7-10,22H,6,11-17H2. The maximum atomic E-state index is 3.54. The van der Waals surface area contributed by atoms with Gasteiger partial charge in [0.1, 0.15) is 0 Å². The molecule has 0 bridgehead atoms. The molecule has 2 aliphatic rings. The number of fused-ring (bicyclic) bond motifs is 2. The molecule has 0 amide bonds. The summed E-state index contributed by atoms with van der Waals surface area (Å²) < 4.78 is 0. The van der Waals surface area contributed by atoms with Gasteiger partial charge in [0.05, 0.1) is 0 Å². The number of para-hydroxylation sites is 1. The van der Waals surface area contributed by atoms with E-state index in [1.54, 1.807) is 5.56 Å². The summed E-state index contributed by atoms with van der Waals surface area (Å²) in [7, 11) is 0. The molecule has 0 radical (unpaired) electrons. The lowest BCUT2D eigenvalue weighted by atomic mass is 9.70. The first-order chi connectivity index (χ1) is 11.4. The van der Waals surface area contributed by atoms with E-state index < -0.39 is 0 Å². The molecule has 1 fully saturated rings. The minimum Gasteiger partial charge on any atom is -0.367 e. The van der Waals surface area contributed by atoms with Gasteiger partial charge in [-0.3, -0.25) is 0 Å². The van der Waals surface area contributed by atoms with Crippen LogP contribution in [0.15, 0.2) is 54.6 Å². The fourth-order valence-corrected chi connectivity index (χ4v) is 4.45. The van der Waals surface area contributed by atoms with E-state index in [9.17, 15) is 0 Å². The number of nitrogens with one attached hydrogen (secondary N) is 1. The Morgan fingerprint density at radius 1 is 0.870 bits per heavy atom. The fraction of sp³-hybridized carbons (Fsp3) is 0.429. The van der Waals surface area contributed by atoms with Crippen molar-refractivity contribution in [2.24, 2.45) is 0 Å². The summed E-state index contributed by atoms with van der Waals surface area (Å²) in [5.41, 5.74) is 4.86. The number of hydrogen-bond donors (Lipinski definition) is 1. The highest BCUT2D eigenvalue weighted by atomic mass is 15.1. The third-order valence-corrected chi connectivity index (χ3v) is 5.68. The second kappa shape index (κ2) is 6.37. The van der Waals surface area contributed by atoms with Crippen molar-refractivity contribution >= 4 is 5.69 Å². The molecular formula is C21H26N2. The van der Waals surface area contributed by atoms with Gasteiger partial charge in [0.15, 0.2) is 0 Å². The first kappa shape index (κ1) is 14.8. The lowest BCUT2D eigenvalue weighted by Crippen LogP contribution is -2.39. The van der Waals surface area contributed by atoms with Gasteiger partial charge in [0.25, 0.3) is 0 Å². The molecule has 0 atom stereocenters. The molecule has 120 valence electrons. The Labute approximate surface area is 139 Å². The van der Waals surface area contributed by atoms with Crippen molar-refractivity contribution in [2.45, 2.75) is 37.6 Å². The summed E-state index contributed by atoms with van der Waals surface area (Å²) in [6.07, 6.45) is 5.19. The van der Waals surface area contributed by atoms with Crippen molar-refractivity contribution in [2.75, 3.05) is 24.5 Å². The van der Waals surface area contributed by atoms with Crippen LogP contribution in [-0.4, -0.2) is 19.6 Å². The highest BCUT2D eigenvalue weighted by Crippen LogP contribution is 2.44. The van der Waals surface area contributed by atoms with Crippen LogP contribution in [0.1, 0.15) is 36.8 Å². The largest absolute Gasteiger partial charge is 0.367 e. The van der Waals surface area contributed by atoms with Crippen molar-refractivity contribution in [1.82, 2.24) is 5.32 Å². The van der Waals surface area contributed by atoms with E-state index in [2.05, 4.69) is 64.8 Å². The van der Waals surface area contributed by atoms with Gasteiger partial charge in [-0.2, -0.15) is 0 Å². The smallest absolute Gasteiger partial charge is 0.0429 e. The van der Waals surface area contributed by atoms with Gasteiger partial charge in [-0.15, -0.1) is 0 Å². The molecule has 2 heteroatoms. The van der Waals surface area contributed by atoms with Gasteiger partial charge in [-0.1, -0.05) is 48.5 Å². The van der Waals surface area contributed by atoms with Gasteiger partial charge >= 0.3 is 0 Å². The average Bonchev–Trinajstić information content (AvgIpc) is 2.75. The fourth-order valence-electron chi connectivity index (χ4n) is 4.45. The highest BCUT2D eigenvalue weighted by Gasteiger charge is 2.37. The van der Waals surface area contributed by atoms with E-state index in [-0.39, 0.29) is 0 Å².